The minimum absolute atomic E-state index is 0.00583. The fourth-order valence-electron chi connectivity index (χ4n) is 5.64. The number of hydrogen-bond acceptors (Lipinski definition) is 4. The van der Waals surface area contributed by atoms with Crippen molar-refractivity contribution in [3.05, 3.63) is 100 Å². The Labute approximate surface area is 202 Å². The number of rotatable bonds is 4. The maximum absolute atomic E-state index is 13.6. The Bertz CT molecular complexity index is 1520. The van der Waals surface area contributed by atoms with Crippen LogP contribution in [0, 0.1) is 0 Å². The molecule has 1 atom stereocenters. The molecule has 35 heavy (non-hydrogen) atoms. The maximum Gasteiger partial charge on any atom is 0.258 e. The first-order valence-corrected chi connectivity index (χ1v) is 12.1. The van der Waals surface area contributed by atoms with Crippen molar-refractivity contribution >= 4 is 22.5 Å². The first-order chi connectivity index (χ1) is 17.1. The van der Waals surface area contributed by atoms with Crippen molar-refractivity contribution in [3.63, 3.8) is 0 Å². The molecule has 2 aromatic carbocycles. The third-order valence-electron chi connectivity index (χ3n) is 7.27. The maximum atomic E-state index is 13.6. The number of aromatic nitrogens is 2. The quantitative estimate of drug-likeness (QED) is 0.386. The van der Waals surface area contributed by atoms with Gasteiger partial charge in [0, 0.05) is 53.8 Å². The Morgan fingerprint density at radius 1 is 0.914 bits per heavy atom. The van der Waals surface area contributed by atoms with Crippen molar-refractivity contribution < 1.29 is 9.59 Å². The molecule has 2 aliphatic rings. The summed E-state index contributed by atoms with van der Waals surface area (Å²) in [4.78, 5) is 46.6. The Hall–Kier alpha value is -4.06. The van der Waals surface area contributed by atoms with Gasteiger partial charge in [0.05, 0.1) is 17.3 Å². The number of carbonyl (C=O) groups excluding carboxylic acids is 2. The molecule has 6 nitrogen and oxygen atoms in total. The lowest BCUT2D eigenvalue weighted by atomic mass is 9.96. The molecule has 1 saturated heterocycles. The molecule has 1 aliphatic carbocycles. The van der Waals surface area contributed by atoms with Gasteiger partial charge in [0.15, 0.2) is 5.78 Å². The van der Waals surface area contributed by atoms with Crippen LogP contribution in [0.1, 0.15) is 53.2 Å². The Morgan fingerprint density at radius 3 is 2.49 bits per heavy atom. The predicted octanol–water partition coefficient (Wildman–Crippen LogP) is 4.75. The fourth-order valence-corrected chi connectivity index (χ4v) is 5.64. The second kappa shape index (κ2) is 8.62. The van der Waals surface area contributed by atoms with Crippen molar-refractivity contribution in [2.45, 2.75) is 38.3 Å². The van der Waals surface area contributed by atoms with Crippen molar-refractivity contribution in [1.29, 1.82) is 0 Å². The number of benzene rings is 2. The standard InChI is InChI=1S/C29H25N3O3/c33-25(31-16-6-5-13-24(31)19-8-7-15-30-18-19)14-17-32-27-21-10-2-3-11-22(21)28(34)26(27)20-9-1-4-12-23(20)29(32)35/h1-4,7-12,15,18,24H,5-6,13-14,16-17H2. The number of piperidine rings is 1. The Balaban J connectivity index is 1.39. The predicted molar refractivity (Wildman–Crippen MR) is 134 cm³/mol. The summed E-state index contributed by atoms with van der Waals surface area (Å²) < 4.78 is 1.64. The summed E-state index contributed by atoms with van der Waals surface area (Å²) in [6.45, 7) is 0.924. The summed E-state index contributed by atoms with van der Waals surface area (Å²) in [7, 11) is 0. The molecule has 6 rings (SSSR count). The average Bonchev–Trinajstić information content (AvgIpc) is 3.21. The summed E-state index contributed by atoms with van der Waals surface area (Å²) >= 11 is 0. The van der Waals surface area contributed by atoms with Gasteiger partial charge in [-0.15, -0.1) is 0 Å². The molecule has 0 spiro atoms. The molecule has 174 valence electrons. The van der Waals surface area contributed by atoms with Crippen LogP contribution in [0.15, 0.2) is 77.9 Å². The zero-order chi connectivity index (χ0) is 23.9. The molecule has 0 saturated carbocycles. The van der Waals surface area contributed by atoms with Gasteiger partial charge in [0.1, 0.15) is 0 Å². The molecule has 0 bridgehead atoms. The van der Waals surface area contributed by atoms with E-state index in [4.69, 9.17) is 0 Å². The lowest BCUT2D eigenvalue weighted by Crippen LogP contribution is -2.39. The number of fused-ring (bicyclic) bond motifs is 5. The Kier molecular flexibility index (Phi) is 5.29. The van der Waals surface area contributed by atoms with E-state index in [1.54, 1.807) is 22.9 Å². The molecule has 4 aromatic rings. The van der Waals surface area contributed by atoms with Crippen LogP contribution in [0.5, 0.6) is 0 Å². The Morgan fingerprint density at radius 2 is 1.69 bits per heavy atom. The lowest BCUT2D eigenvalue weighted by molar-refractivity contribution is -0.135. The molecule has 6 heteroatoms. The zero-order valence-corrected chi connectivity index (χ0v) is 19.3. The van der Waals surface area contributed by atoms with Crippen LogP contribution in [-0.4, -0.2) is 32.7 Å². The van der Waals surface area contributed by atoms with Crippen LogP contribution < -0.4 is 5.56 Å². The van der Waals surface area contributed by atoms with Crippen molar-refractivity contribution in [2.75, 3.05) is 6.54 Å². The van der Waals surface area contributed by atoms with Crippen molar-refractivity contribution in [2.24, 2.45) is 0 Å². The van der Waals surface area contributed by atoms with Crippen molar-refractivity contribution in [1.82, 2.24) is 14.5 Å². The molecule has 0 radical (unpaired) electrons. The highest BCUT2D eigenvalue weighted by Crippen LogP contribution is 2.39. The van der Waals surface area contributed by atoms with Crippen LogP contribution in [0.25, 0.3) is 22.0 Å². The van der Waals surface area contributed by atoms with Gasteiger partial charge in [-0.1, -0.05) is 48.5 Å². The van der Waals surface area contributed by atoms with Crippen LogP contribution in [0.3, 0.4) is 0 Å². The van der Waals surface area contributed by atoms with Gasteiger partial charge in [-0.3, -0.25) is 19.4 Å². The molecular weight excluding hydrogens is 438 g/mol. The van der Waals surface area contributed by atoms with Gasteiger partial charge >= 0.3 is 0 Å². The minimum atomic E-state index is -0.167. The smallest absolute Gasteiger partial charge is 0.258 e. The van der Waals surface area contributed by atoms with Crippen LogP contribution in [-0.2, 0) is 11.3 Å². The molecule has 2 aromatic heterocycles. The van der Waals surface area contributed by atoms with E-state index in [1.165, 1.54) is 0 Å². The molecule has 0 N–H and O–H groups in total. The number of amides is 1. The summed E-state index contributed by atoms with van der Waals surface area (Å²) in [5.74, 6) is -0.0514. The fraction of sp³-hybridized carbons (Fsp3) is 0.241. The average molecular weight is 464 g/mol. The van der Waals surface area contributed by atoms with Gasteiger partial charge in [0.25, 0.3) is 5.56 Å². The van der Waals surface area contributed by atoms with E-state index >= 15 is 0 Å². The summed E-state index contributed by atoms with van der Waals surface area (Å²) in [5, 5.41) is 1.18. The number of hydrogen-bond donors (Lipinski definition) is 0. The van der Waals surface area contributed by atoms with E-state index in [1.807, 2.05) is 59.6 Å². The monoisotopic (exact) mass is 463 g/mol. The van der Waals surface area contributed by atoms with Crippen LogP contribution in [0.4, 0.5) is 0 Å². The highest BCUT2D eigenvalue weighted by Gasteiger charge is 2.33. The van der Waals surface area contributed by atoms with Crippen LogP contribution >= 0.6 is 0 Å². The number of nitrogens with zero attached hydrogens (tertiary/aromatic N) is 3. The summed E-state index contributed by atoms with van der Waals surface area (Å²) in [5.41, 5.74) is 3.42. The first-order valence-electron chi connectivity index (χ1n) is 12.1. The highest BCUT2D eigenvalue weighted by molar-refractivity contribution is 6.26. The molecular formula is C29H25N3O3. The topological polar surface area (TPSA) is 72.3 Å². The van der Waals surface area contributed by atoms with Crippen LogP contribution in [0.2, 0.25) is 0 Å². The number of carbonyl (C=O) groups is 2. The summed E-state index contributed by atoms with van der Waals surface area (Å²) in [6, 6.07) is 18.6. The largest absolute Gasteiger partial charge is 0.336 e. The van der Waals surface area contributed by atoms with E-state index in [0.717, 1.165) is 30.4 Å². The second-order valence-corrected chi connectivity index (χ2v) is 9.24. The SMILES string of the molecule is O=C1c2ccccc2-c2c1c1ccccc1c(=O)n2CCC(=O)N1CCCCC1c1cccnc1. The second-order valence-electron chi connectivity index (χ2n) is 9.24. The van der Waals surface area contributed by atoms with Gasteiger partial charge in [-0.2, -0.15) is 0 Å². The number of pyridine rings is 2. The number of ketones is 1. The first kappa shape index (κ1) is 21.5. The van der Waals surface area contributed by atoms with E-state index in [-0.39, 0.29) is 36.3 Å². The molecule has 3 heterocycles. The van der Waals surface area contributed by atoms with Gasteiger partial charge in [0.2, 0.25) is 5.91 Å². The van der Waals surface area contributed by atoms with Crippen molar-refractivity contribution in [3.8, 4) is 11.3 Å². The van der Waals surface area contributed by atoms with E-state index in [0.29, 0.717) is 34.1 Å². The molecule has 1 amide bonds. The normalized spacial score (nSPS) is 16.9. The third-order valence-corrected chi connectivity index (χ3v) is 7.27. The molecule has 1 fully saturated rings. The zero-order valence-electron chi connectivity index (χ0n) is 19.3. The third kappa shape index (κ3) is 3.48. The van der Waals surface area contributed by atoms with E-state index in [9.17, 15) is 14.4 Å². The van der Waals surface area contributed by atoms with Gasteiger partial charge in [-0.05, 0) is 37.0 Å². The van der Waals surface area contributed by atoms with Gasteiger partial charge in [-0.25, -0.2) is 0 Å². The number of likely N-dealkylation sites (tertiary alicyclic amines) is 1. The molecule has 1 aliphatic heterocycles. The molecule has 1 unspecified atom stereocenters. The summed E-state index contributed by atoms with van der Waals surface area (Å²) in [6.07, 6.45) is 6.71. The van der Waals surface area contributed by atoms with E-state index in [2.05, 4.69) is 4.98 Å². The highest BCUT2D eigenvalue weighted by atomic mass is 16.2. The lowest BCUT2D eigenvalue weighted by Gasteiger charge is -2.36. The minimum Gasteiger partial charge on any atom is -0.336 e. The van der Waals surface area contributed by atoms with E-state index < -0.39 is 0 Å². The van der Waals surface area contributed by atoms with Gasteiger partial charge < -0.3 is 9.47 Å².